The second kappa shape index (κ2) is 5.85. The molecule has 1 saturated heterocycles. The fraction of sp³-hybridized carbons (Fsp3) is 0.733. The van der Waals surface area contributed by atoms with E-state index in [1.165, 1.54) is 0 Å². The number of hydrogen-bond donors (Lipinski definition) is 0. The molecule has 1 aliphatic heterocycles. The zero-order valence-corrected chi connectivity index (χ0v) is 12.8. The average molecular weight is 280 g/mol. The van der Waals surface area contributed by atoms with Gasteiger partial charge in [-0.3, -0.25) is 0 Å². The zero-order chi connectivity index (χ0) is 14.8. The highest BCUT2D eigenvalue weighted by Crippen LogP contribution is 2.31. The molecule has 0 bridgehead atoms. The summed E-state index contributed by atoms with van der Waals surface area (Å²) in [5, 5.41) is 4.01. The fourth-order valence-corrected chi connectivity index (χ4v) is 2.61. The first-order valence-electron chi connectivity index (χ1n) is 7.25. The highest BCUT2D eigenvalue weighted by atomic mass is 16.6. The topological polar surface area (TPSA) is 55.6 Å². The number of ether oxygens (including phenoxy) is 1. The maximum Gasteiger partial charge on any atom is 0.410 e. The van der Waals surface area contributed by atoms with Crippen LogP contribution >= 0.6 is 0 Å². The summed E-state index contributed by atoms with van der Waals surface area (Å²) < 4.78 is 10.3. The first-order chi connectivity index (χ1) is 9.37. The van der Waals surface area contributed by atoms with Gasteiger partial charge < -0.3 is 14.2 Å². The number of aromatic nitrogens is 1. The summed E-state index contributed by atoms with van der Waals surface area (Å²) >= 11 is 0. The smallest absolute Gasteiger partial charge is 0.410 e. The number of likely N-dealkylation sites (tertiary alicyclic amines) is 1. The van der Waals surface area contributed by atoms with Gasteiger partial charge >= 0.3 is 6.09 Å². The molecule has 5 nitrogen and oxygen atoms in total. The molecular formula is C15H24N2O3. The van der Waals surface area contributed by atoms with Crippen LogP contribution in [0, 0.1) is 5.92 Å². The Kier molecular flexibility index (Phi) is 4.35. The molecule has 0 saturated carbocycles. The Hall–Kier alpha value is -1.52. The third kappa shape index (κ3) is 3.74. The van der Waals surface area contributed by atoms with Crippen LogP contribution < -0.4 is 0 Å². The van der Waals surface area contributed by atoms with Crippen molar-refractivity contribution in [2.75, 3.05) is 13.1 Å². The molecule has 0 N–H and O–H groups in total. The van der Waals surface area contributed by atoms with Crippen LogP contribution in [-0.2, 0) is 4.74 Å². The van der Waals surface area contributed by atoms with Crippen LogP contribution in [0.2, 0.25) is 0 Å². The van der Waals surface area contributed by atoms with Gasteiger partial charge in [-0.1, -0.05) is 12.1 Å². The van der Waals surface area contributed by atoms with Gasteiger partial charge in [0.1, 0.15) is 11.9 Å². The average Bonchev–Trinajstić information content (AvgIpc) is 2.90. The lowest BCUT2D eigenvalue weighted by molar-refractivity contribution is 0.0175. The highest BCUT2D eigenvalue weighted by Gasteiger charge is 2.30. The molecule has 112 valence electrons. The van der Waals surface area contributed by atoms with Crippen LogP contribution in [0.25, 0.3) is 0 Å². The first-order valence-corrected chi connectivity index (χ1v) is 7.25. The Bertz CT molecular complexity index is 428. The van der Waals surface area contributed by atoms with Crippen LogP contribution in [0.4, 0.5) is 4.79 Å². The summed E-state index contributed by atoms with van der Waals surface area (Å²) in [4.78, 5) is 13.8. The van der Waals surface area contributed by atoms with Gasteiger partial charge in [0.2, 0.25) is 0 Å². The lowest BCUT2D eigenvalue weighted by Gasteiger charge is -2.35. The van der Waals surface area contributed by atoms with Crippen molar-refractivity contribution in [2.24, 2.45) is 5.92 Å². The first kappa shape index (κ1) is 14.9. The van der Waals surface area contributed by atoms with E-state index in [1.807, 2.05) is 26.8 Å². The van der Waals surface area contributed by atoms with E-state index in [1.54, 1.807) is 11.2 Å². The Morgan fingerprint density at radius 3 is 2.60 bits per heavy atom. The molecule has 1 atom stereocenters. The van der Waals surface area contributed by atoms with Crippen molar-refractivity contribution in [1.29, 1.82) is 0 Å². The van der Waals surface area contributed by atoms with Gasteiger partial charge in [0.15, 0.2) is 0 Å². The zero-order valence-electron chi connectivity index (χ0n) is 12.8. The Balaban J connectivity index is 1.85. The minimum atomic E-state index is -0.429. The molecule has 0 radical (unpaired) electrons. The van der Waals surface area contributed by atoms with Crippen LogP contribution in [0.15, 0.2) is 16.9 Å². The summed E-state index contributed by atoms with van der Waals surface area (Å²) in [5.74, 6) is 0.910. The number of piperidine rings is 1. The predicted molar refractivity (Wildman–Crippen MR) is 75.4 cm³/mol. The molecule has 0 spiro atoms. The third-order valence-corrected chi connectivity index (χ3v) is 3.82. The number of carbonyl (C=O) groups excluding carboxylic acids is 1. The van der Waals surface area contributed by atoms with E-state index in [-0.39, 0.29) is 6.09 Å². The molecule has 1 amide bonds. The van der Waals surface area contributed by atoms with Crippen molar-refractivity contribution in [2.45, 2.75) is 52.1 Å². The molecule has 1 aliphatic rings. The van der Waals surface area contributed by atoms with Gasteiger partial charge in [-0.05, 0) is 39.5 Å². The molecule has 2 rings (SSSR count). The minimum absolute atomic E-state index is 0.204. The van der Waals surface area contributed by atoms with Gasteiger partial charge in [-0.15, -0.1) is 0 Å². The molecule has 1 aromatic rings. The van der Waals surface area contributed by atoms with Gasteiger partial charge in [0, 0.05) is 25.1 Å². The number of nitrogens with zero attached hydrogens (tertiary/aromatic N) is 2. The monoisotopic (exact) mass is 280 g/mol. The van der Waals surface area contributed by atoms with Gasteiger partial charge in [0.25, 0.3) is 0 Å². The van der Waals surface area contributed by atoms with Crippen molar-refractivity contribution < 1.29 is 14.1 Å². The Morgan fingerprint density at radius 1 is 1.45 bits per heavy atom. The molecular weight excluding hydrogens is 256 g/mol. The minimum Gasteiger partial charge on any atom is -0.444 e. The van der Waals surface area contributed by atoms with E-state index in [4.69, 9.17) is 9.26 Å². The summed E-state index contributed by atoms with van der Waals surface area (Å²) in [5.41, 5.74) is 0.572. The molecule has 1 fully saturated rings. The quantitative estimate of drug-likeness (QED) is 0.833. The number of amides is 1. The van der Waals surface area contributed by atoms with Crippen molar-refractivity contribution in [3.63, 3.8) is 0 Å². The standard InChI is InChI=1S/C15H24N2O3/c1-11(13-7-10-19-16-13)12-5-8-17(9-6-12)14(18)20-15(2,3)4/h7,10-12H,5-6,8-9H2,1-4H3. The molecule has 0 aromatic carbocycles. The molecule has 5 heteroatoms. The largest absolute Gasteiger partial charge is 0.444 e. The Labute approximate surface area is 120 Å². The van der Waals surface area contributed by atoms with Gasteiger partial charge in [-0.2, -0.15) is 0 Å². The van der Waals surface area contributed by atoms with E-state index in [0.29, 0.717) is 11.8 Å². The van der Waals surface area contributed by atoms with E-state index < -0.39 is 5.60 Å². The van der Waals surface area contributed by atoms with Crippen molar-refractivity contribution in [3.05, 3.63) is 18.0 Å². The third-order valence-electron chi connectivity index (χ3n) is 3.82. The SMILES string of the molecule is CC(c1ccon1)C1CCN(C(=O)OC(C)(C)C)CC1. The van der Waals surface area contributed by atoms with E-state index in [0.717, 1.165) is 31.6 Å². The molecule has 1 unspecified atom stereocenters. The number of hydrogen-bond acceptors (Lipinski definition) is 4. The normalized spacial score (nSPS) is 18.9. The highest BCUT2D eigenvalue weighted by molar-refractivity contribution is 5.68. The maximum atomic E-state index is 12.0. The lowest BCUT2D eigenvalue weighted by atomic mass is 9.84. The van der Waals surface area contributed by atoms with Gasteiger partial charge in [-0.25, -0.2) is 4.79 Å². The predicted octanol–water partition coefficient (Wildman–Crippen LogP) is 3.43. The van der Waals surface area contributed by atoms with E-state index in [9.17, 15) is 4.79 Å². The second-order valence-corrected chi connectivity index (χ2v) is 6.52. The summed E-state index contributed by atoms with van der Waals surface area (Å²) in [6, 6.07) is 1.92. The lowest BCUT2D eigenvalue weighted by Crippen LogP contribution is -2.42. The van der Waals surface area contributed by atoms with Crippen LogP contribution in [0.1, 0.15) is 52.1 Å². The summed E-state index contributed by atoms with van der Waals surface area (Å²) in [7, 11) is 0. The molecule has 0 aliphatic carbocycles. The van der Waals surface area contributed by atoms with E-state index >= 15 is 0 Å². The number of rotatable bonds is 2. The summed E-state index contributed by atoms with van der Waals surface area (Å²) in [6.45, 7) is 9.36. The van der Waals surface area contributed by atoms with E-state index in [2.05, 4.69) is 12.1 Å². The maximum absolute atomic E-state index is 12.0. The van der Waals surface area contributed by atoms with Crippen LogP contribution in [0.3, 0.4) is 0 Å². The van der Waals surface area contributed by atoms with Crippen LogP contribution in [0.5, 0.6) is 0 Å². The van der Waals surface area contributed by atoms with Gasteiger partial charge in [0.05, 0.1) is 5.69 Å². The molecule has 20 heavy (non-hydrogen) atoms. The molecule has 1 aromatic heterocycles. The second-order valence-electron chi connectivity index (χ2n) is 6.52. The number of carbonyl (C=O) groups is 1. The van der Waals surface area contributed by atoms with Crippen LogP contribution in [-0.4, -0.2) is 34.8 Å². The van der Waals surface area contributed by atoms with Crippen molar-refractivity contribution in [1.82, 2.24) is 10.1 Å². The fourth-order valence-electron chi connectivity index (χ4n) is 2.61. The van der Waals surface area contributed by atoms with Crippen molar-refractivity contribution >= 4 is 6.09 Å². The molecule has 2 heterocycles. The van der Waals surface area contributed by atoms with Crippen molar-refractivity contribution in [3.8, 4) is 0 Å². The Morgan fingerprint density at radius 2 is 2.10 bits per heavy atom. The summed E-state index contributed by atoms with van der Waals surface area (Å²) in [6.07, 6.45) is 3.37.